The number of anilines is 1. The standard InChI is InChI=1S/C13H18N4O/c1-16(2)8-11-6-12(18)9-17(11)13-5-10(7-14)3-4-15-13/h3-5,11-12,18H,6,8-9H2,1-2H3. The van der Waals surface area contributed by atoms with Crippen LogP contribution >= 0.6 is 0 Å². The molecule has 2 unspecified atom stereocenters. The van der Waals surface area contributed by atoms with Crippen LogP contribution in [0.4, 0.5) is 5.82 Å². The van der Waals surface area contributed by atoms with Crippen molar-refractivity contribution in [3.8, 4) is 6.07 Å². The van der Waals surface area contributed by atoms with Crippen molar-refractivity contribution in [2.75, 3.05) is 32.1 Å². The third-order valence-corrected chi connectivity index (χ3v) is 3.14. The summed E-state index contributed by atoms with van der Waals surface area (Å²) in [6.45, 7) is 1.45. The molecule has 0 bridgehead atoms. The highest BCUT2D eigenvalue weighted by atomic mass is 16.3. The Morgan fingerprint density at radius 1 is 1.61 bits per heavy atom. The summed E-state index contributed by atoms with van der Waals surface area (Å²) in [6, 6.07) is 5.83. The van der Waals surface area contributed by atoms with E-state index in [0.29, 0.717) is 12.1 Å². The molecule has 2 heterocycles. The zero-order valence-corrected chi connectivity index (χ0v) is 10.7. The maximum atomic E-state index is 9.82. The minimum absolute atomic E-state index is 0.247. The van der Waals surface area contributed by atoms with Gasteiger partial charge in [-0.1, -0.05) is 0 Å². The lowest BCUT2D eigenvalue weighted by atomic mass is 10.2. The van der Waals surface area contributed by atoms with E-state index in [-0.39, 0.29) is 12.1 Å². The van der Waals surface area contributed by atoms with Gasteiger partial charge >= 0.3 is 0 Å². The van der Waals surface area contributed by atoms with Gasteiger partial charge in [-0.05, 0) is 32.6 Å². The lowest BCUT2D eigenvalue weighted by Crippen LogP contribution is -2.38. The molecule has 1 saturated heterocycles. The van der Waals surface area contributed by atoms with Gasteiger partial charge < -0.3 is 14.9 Å². The maximum Gasteiger partial charge on any atom is 0.130 e. The molecule has 0 radical (unpaired) electrons. The van der Waals surface area contributed by atoms with Crippen LogP contribution < -0.4 is 4.90 Å². The molecular formula is C13H18N4O. The second-order valence-electron chi connectivity index (χ2n) is 4.97. The Morgan fingerprint density at radius 2 is 2.39 bits per heavy atom. The summed E-state index contributed by atoms with van der Waals surface area (Å²) in [5, 5.41) is 18.7. The van der Waals surface area contributed by atoms with E-state index in [9.17, 15) is 5.11 Å². The molecule has 1 aliphatic rings. The fourth-order valence-corrected chi connectivity index (χ4v) is 2.41. The van der Waals surface area contributed by atoms with Crippen LogP contribution in [0.15, 0.2) is 18.3 Å². The molecule has 2 rings (SSSR count). The second kappa shape index (κ2) is 5.34. The smallest absolute Gasteiger partial charge is 0.130 e. The topological polar surface area (TPSA) is 63.4 Å². The molecule has 1 aromatic rings. The van der Waals surface area contributed by atoms with Crippen molar-refractivity contribution in [3.63, 3.8) is 0 Å². The molecule has 96 valence electrons. The number of hydrogen-bond acceptors (Lipinski definition) is 5. The van der Waals surface area contributed by atoms with E-state index in [2.05, 4.69) is 20.9 Å². The first kappa shape index (κ1) is 12.8. The van der Waals surface area contributed by atoms with E-state index in [1.165, 1.54) is 0 Å². The van der Waals surface area contributed by atoms with Crippen LogP contribution in [0.3, 0.4) is 0 Å². The number of nitriles is 1. The molecule has 2 atom stereocenters. The van der Waals surface area contributed by atoms with E-state index in [1.807, 2.05) is 14.1 Å². The van der Waals surface area contributed by atoms with Gasteiger partial charge in [0.15, 0.2) is 0 Å². The van der Waals surface area contributed by atoms with Gasteiger partial charge in [0.2, 0.25) is 0 Å². The summed E-state index contributed by atoms with van der Waals surface area (Å²) >= 11 is 0. The summed E-state index contributed by atoms with van der Waals surface area (Å²) in [5.41, 5.74) is 0.602. The third kappa shape index (κ3) is 2.78. The third-order valence-electron chi connectivity index (χ3n) is 3.14. The van der Waals surface area contributed by atoms with Gasteiger partial charge in [0.1, 0.15) is 5.82 Å². The highest BCUT2D eigenvalue weighted by Crippen LogP contribution is 2.24. The van der Waals surface area contributed by atoms with Crippen LogP contribution in [-0.4, -0.2) is 54.3 Å². The quantitative estimate of drug-likeness (QED) is 0.839. The first-order chi connectivity index (χ1) is 8.60. The lowest BCUT2D eigenvalue weighted by Gasteiger charge is -2.27. The van der Waals surface area contributed by atoms with Crippen LogP contribution in [0.1, 0.15) is 12.0 Å². The van der Waals surface area contributed by atoms with Gasteiger partial charge in [-0.25, -0.2) is 4.98 Å². The number of pyridine rings is 1. The molecule has 0 spiro atoms. The van der Waals surface area contributed by atoms with Crippen LogP contribution in [-0.2, 0) is 0 Å². The zero-order valence-electron chi connectivity index (χ0n) is 10.7. The predicted octanol–water partition coefficient (Wildman–Crippen LogP) is 0.454. The van der Waals surface area contributed by atoms with Crippen LogP contribution in [0.2, 0.25) is 0 Å². The fourth-order valence-electron chi connectivity index (χ4n) is 2.41. The molecule has 0 aliphatic carbocycles. The highest BCUT2D eigenvalue weighted by Gasteiger charge is 2.32. The molecule has 0 saturated carbocycles. The lowest BCUT2D eigenvalue weighted by molar-refractivity contribution is 0.191. The Bertz CT molecular complexity index is 455. The fraction of sp³-hybridized carbons (Fsp3) is 0.538. The number of hydrogen-bond donors (Lipinski definition) is 1. The van der Waals surface area contributed by atoms with Gasteiger partial charge in [-0.15, -0.1) is 0 Å². The molecule has 1 aromatic heterocycles. The van der Waals surface area contributed by atoms with Crippen molar-refractivity contribution in [1.82, 2.24) is 9.88 Å². The SMILES string of the molecule is CN(C)CC1CC(O)CN1c1cc(C#N)ccn1. The van der Waals surface area contributed by atoms with Gasteiger partial charge in [0.05, 0.1) is 17.7 Å². The van der Waals surface area contributed by atoms with Gasteiger partial charge in [-0.3, -0.25) is 0 Å². The zero-order chi connectivity index (χ0) is 13.1. The molecule has 0 amide bonds. The largest absolute Gasteiger partial charge is 0.391 e. The minimum atomic E-state index is -0.317. The molecular weight excluding hydrogens is 228 g/mol. The summed E-state index contributed by atoms with van der Waals surface area (Å²) < 4.78 is 0. The highest BCUT2D eigenvalue weighted by molar-refractivity contribution is 5.47. The van der Waals surface area contributed by atoms with Crippen molar-refractivity contribution >= 4 is 5.82 Å². The Balaban J connectivity index is 2.21. The first-order valence-corrected chi connectivity index (χ1v) is 6.05. The normalized spacial score (nSPS) is 23.4. The molecule has 1 fully saturated rings. The van der Waals surface area contributed by atoms with Crippen LogP contribution in [0, 0.1) is 11.3 Å². The Kier molecular flexibility index (Phi) is 3.80. The van der Waals surface area contributed by atoms with Crippen molar-refractivity contribution in [2.24, 2.45) is 0 Å². The van der Waals surface area contributed by atoms with Gasteiger partial charge in [-0.2, -0.15) is 5.26 Å². The molecule has 1 aliphatic heterocycles. The number of aliphatic hydroxyl groups excluding tert-OH is 1. The van der Waals surface area contributed by atoms with E-state index >= 15 is 0 Å². The van der Waals surface area contributed by atoms with Gasteiger partial charge in [0.25, 0.3) is 0 Å². The van der Waals surface area contributed by atoms with E-state index < -0.39 is 0 Å². The number of β-amino-alcohol motifs (C(OH)–C–C–N with tert-alkyl or cyclic N) is 1. The number of aliphatic hydroxyl groups is 1. The summed E-state index contributed by atoms with van der Waals surface area (Å²) in [4.78, 5) is 8.50. The van der Waals surface area contributed by atoms with Crippen LogP contribution in [0.25, 0.3) is 0 Å². The van der Waals surface area contributed by atoms with Crippen molar-refractivity contribution < 1.29 is 5.11 Å². The summed E-state index contributed by atoms with van der Waals surface area (Å²) in [5.74, 6) is 0.775. The minimum Gasteiger partial charge on any atom is -0.391 e. The number of nitrogens with zero attached hydrogens (tertiary/aromatic N) is 4. The van der Waals surface area contributed by atoms with E-state index in [1.54, 1.807) is 18.3 Å². The maximum absolute atomic E-state index is 9.82. The number of rotatable bonds is 3. The Morgan fingerprint density at radius 3 is 3.06 bits per heavy atom. The van der Waals surface area contributed by atoms with Crippen molar-refractivity contribution in [2.45, 2.75) is 18.6 Å². The number of likely N-dealkylation sites (N-methyl/N-ethyl adjacent to an activating group) is 1. The molecule has 18 heavy (non-hydrogen) atoms. The number of aromatic nitrogens is 1. The van der Waals surface area contributed by atoms with Crippen LogP contribution in [0.5, 0.6) is 0 Å². The van der Waals surface area contributed by atoms with Crippen molar-refractivity contribution in [1.29, 1.82) is 5.26 Å². The molecule has 5 nitrogen and oxygen atoms in total. The monoisotopic (exact) mass is 246 g/mol. The molecule has 1 N–H and O–H groups in total. The predicted molar refractivity (Wildman–Crippen MR) is 69.3 cm³/mol. The second-order valence-corrected chi connectivity index (χ2v) is 4.97. The molecule has 5 heteroatoms. The van der Waals surface area contributed by atoms with Crippen molar-refractivity contribution in [3.05, 3.63) is 23.9 Å². The molecule has 0 aromatic carbocycles. The Labute approximate surface area is 107 Å². The summed E-state index contributed by atoms with van der Waals surface area (Å²) in [7, 11) is 4.03. The average molecular weight is 246 g/mol. The van der Waals surface area contributed by atoms with Gasteiger partial charge in [0, 0.05) is 25.3 Å². The van der Waals surface area contributed by atoms with E-state index in [0.717, 1.165) is 18.8 Å². The first-order valence-electron chi connectivity index (χ1n) is 6.05. The van der Waals surface area contributed by atoms with E-state index in [4.69, 9.17) is 5.26 Å². The average Bonchev–Trinajstić information content (AvgIpc) is 2.69. The Hall–Kier alpha value is -1.64. The summed E-state index contributed by atoms with van der Waals surface area (Å²) in [6.07, 6.45) is 2.07.